The van der Waals surface area contributed by atoms with Crippen LogP contribution in [0.3, 0.4) is 0 Å². The first-order valence-corrected chi connectivity index (χ1v) is 7.50. The topological polar surface area (TPSA) is 54.5 Å². The van der Waals surface area contributed by atoms with Gasteiger partial charge in [0.05, 0.1) is 11.4 Å². The summed E-state index contributed by atoms with van der Waals surface area (Å²) < 4.78 is 5.39. The number of rotatable bonds is 2. The molecule has 1 fully saturated rings. The monoisotopic (exact) mass is 311 g/mol. The van der Waals surface area contributed by atoms with Crippen LogP contribution in [-0.4, -0.2) is 40.7 Å². The first-order valence-electron chi connectivity index (χ1n) is 7.12. The van der Waals surface area contributed by atoms with E-state index in [1.165, 1.54) is 0 Å². The SMILES string of the molecule is Cc1nc(Cl)ccc1NC1CCN(C(=O)OC(C)(C)C)C1. The molecular weight excluding hydrogens is 290 g/mol. The zero-order valence-electron chi connectivity index (χ0n) is 12.9. The maximum Gasteiger partial charge on any atom is 0.410 e. The molecule has 0 aromatic carbocycles. The van der Waals surface area contributed by atoms with E-state index in [0.717, 1.165) is 17.8 Å². The lowest BCUT2D eigenvalue weighted by atomic mass is 10.2. The number of aryl methyl sites for hydroxylation is 1. The molecule has 0 radical (unpaired) electrons. The minimum Gasteiger partial charge on any atom is -0.444 e. The van der Waals surface area contributed by atoms with Crippen LogP contribution in [0, 0.1) is 6.92 Å². The second-order valence-electron chi connectivity index (χ2n) is 6.32. The van der Waals surface area contributed by atoms with Gasteiger partial charge in [-0.25, -0.2) is 9.78 Å². The smallest absolute Gasteiger partial charge is 0.410 e. The number of hydrogen-bond acceptors (Lipinski definition) is 4. The number of nitrogens with zero attached hydrogens (tertiary/aromatic N) is 2. The first kappa shape index (κ1) is 15.9. The minimum atomic E-state index is -0.459. The maximum atomic E-state index is 12.0. The van der Waals surface area contributed by atoms with E-state index < -0.39 is 5.60 Å². The number of carbonyl (C=O) groups is 1. The molecule has 1 aromatic heterocycles. The number of ether oxygens (including phenoxy) is 1. The van der Waals surface area contributed by atoms with E-state index in [0.29, 0.717) is 18.2 Å². The fourth-order valence-corrected chi connectivity index (χ4v) is 2.46. The third-order valence-corrected chi connectivity index (χ3v) is 3.46. The molecule has 0 aliphatic carbocycles. The third-order valence-electron chi connectivity index (χ3n) is 3.25. The van der Waals surface area contributed by atoms with Crippen molar-refractivity contribution < 1.29 is 9.53 Å². The van der Waals surface area contributed by atoms with Gasteiger partial charge < -0.3 is 15.0 Å². The zero-order valence-corrected chi connectivity index (χ0v) is 13.7. The van der Waals surface area contributed by atoms with E-state index in [4.69, 9.17) is 16.3 Å². The number of hydrogen-bond donors (Lipinski definition) is 1. The summed E-state index contributed by atoms with van der Waals surface area (Å²) in [5, 5.41) is 3.90. The van der Waals surface area contributed by atoms with Crippen molar-refractivity contribution in [2.24, 2.45) is 0 Å². The normalized spacial score (nSPS) is 18.7. The molecule has 6 heteroatoms. The quantitative estimate of drug-likeness (QED) is 0.850. The molecule has 116 valence electrons. The Morgan fingerprint density at radius 1 is 1.48 bits per heavy atom. The van der Waals surface area contributed by atoms with Crippen LogP contribution in [0.1, 0.15) is 32.9 Å². The lowest BCUT2D eigenvalue weighted by Gasteiger charge is -2.24. The fraction of sp³-hybridized carbons (Fsp3) is 0.600. The molecule has 2 rings (SSSR count). The van der Waals surface area contributed by atoms with E-state index in [1.54, 1.807) is 11.0 Å². The van der Waals surface area contributed by atoms with Crippen molar-refractivity contribution in [3.05, 3.63) is 23.0 Å². The van der Waals surface area contributed by atoms with Crippen molar-refractivity contribution in [1.82, 2.24) is 9.88 Å². The molecule has 1 N–H and O–H groups in total. The van der Waals surface area contributed by atoms with Crippen LogP contribution < -0.4 is 5.32 Å². The molecule has 1 atom stereocenters. The summed E-state index contributed by atoms with van der Waals surface area (Å²) in [5.41, 5.74) is 1.35. The highest BCUT2D eigenvalue weighted by atomic mass is 35.5. The van der Waals surface area contributed by atoms with Gasteiger partial charge in [0, 0.05) is 19.1 Å². The predicted octanol–water partition coefficient (Wildman–Crippen LogP) is 3.46. The van der Waals surface area contributed by atoms with Crippen LogP contribution in [0.15, 0.2) is 12.1 Å². The summed E-state index contributed by atoms with van der Waals surface area (Å²) in [6.45, 7) is 8.87. The Morgan fingerprint density at radius 2 is 2.19 bits per heavy atom. The number of likely N-dealkylation sites (tertiary alicyclic amines) is 1. The second kappa shape index (κ2) is 6.10. The van der Waals surface area contributed by atoms with Crippen molar-refractivity contribution in [2.75, 3.05) is 18.4 Å². The van der Waals surface area contributed by atoms with Gasteiger partial charge in [0.15, 0.2) is 0 Å². The van der Waals surface area contributed by atoms with Crippen molar-refractivity contribution in [2.45, 2.75) is 45.8 Å². The van der Waals surface area contributed by atoms with Crippen LogP contribution in [0.5, 0.6) is 0 Å². The van der Waals surface area contributed by atoms with Crippen molar-refractivity contribution in [3.8, 4) is 0 Å². The van der Waals surface area contributed by atoms with Crippen LogP contribution in [-0.2, 0) is 4.74 Å². The van der Waals surface area contributed by atoms with Crippen molar-refractivity contribution in [1.29, 1.82) is 0 Å². The van der Waals surface area contributed by atoms with E-state index in [1.807, 2.05) is 33.8 Å². The molecule has 0 bridgehead atoms. The second-order valence-corrected chi connectivity index (χ2v) is 6.71. The lowest BCUT2D eigenvalue weighted by molar-refractivity contribution is 0.0293. The molecule has 1 aliphatic heterocycles. The molecule has 1 amide bonds. The highest BCUT2D eigenvalue weighted by Crippen LogP contribution is 2.21. The Morgan fingerprint density at radius 3 is 2.81 bits per heavy atom. The van der Waals surface area contributed by atoms with Crippen LogP contribution in [0.2, 0.25) is 5.15 Å². The predicted molar refractivity (Wildman–Crippen MR) is 83.8 cm³/mol. The van der Waals surface area contributed by atoms with Crippen molar-refractivity contribution in [3.63, 3.8) is 0 Å². The molecular formula is C15H22ClN3O2. The summed E-state index contributed by atoms with van der Waals surface area (Å²) in [4.78, 5) is 18.0. The largest absolute Gasteiger partial charge is 0.444 e. The van der Waals surface area contributed by atoms with Crippen LogP contribution >= 0.6 is 11.6 Å². The fourth-order valence-electron chi connectivity index (χ4n) is 2.27. The van der Waals surface area contributed by atoms with Gasteiger partial charge in [-0.15, -0.1) is 0 Å². The molecule has 1 aromatic rings. The van der Waals surface area contributed by atoms with E-state index in [-0.39, 0.29) is 12.1 Å². The van der Waals surface area contributed by atoms with Crippen molar-refractivity contribution >= 4 is 23.4 Å². The number of anilines is 1. The number of halogens is 1. The number of aromatic nitrogens is 1. The minimum absolute atomic E-state index is 0.208. The molecule has 5 nitrogen and oxygen atoms in total. The Kier molecular flexibility index (Phi) is 4.61. The standard InChI is InChI=1S/C15H22ClN3O2/c1-10-12(5-6-13(16)17-10)18-11-7-8-19(9-11)14(20)21-15(2,3)4/h5-6,11,18H,7-9H2,1-4H3. The highest BCUT2D eigenvalue weighted by molar-refractivity contribution is 6.29. The Labute approximate surface area is 130 Å². The van der Waals surface area contributed by atoms with Gasteiger partial charge >= 0.3 is 6.09 Å². The molecule has 1 aliphatic rings. The number of carbonyl (C=O) groups excluding carboxylic acids is 1. The molecule has 0 saturated carbocycles. The van der Waals surface area contributed by atoms with E-state index >= 15 is 0 Å². The third kappa shape index (κ3) is 4.49. The number of pyridine rings is 1. The molecule has 1 saturated heterocycles. The summed E-state index contributed by atoms with van der Waals surface area (Å²) in [5.74, 6) is 0. The summed E-state index contributed by atoms with van der Waals surface area (Å²) in [6.07, 6.45) is 0.638. The summed E-state index contributed by atoms with van der Waals surface area (Å²) in [7, 11) is 0. The van der Waals surface area contributed by atoms with Gasteiger partial charge in [0.25, 0.3) is 0 Å². The summed E-state index contributed by atoms with van der Waals surface area (Å²) in [6, 6.07) is 3.89. The van der Waals surface area contributed by atoms with Crippen LogP contribution in [0.4, 0.5) is 10.5 Å². The van der Waals surface area contributed by atoms with Gasteiger partial charge in [0.2, 0.25) is 0 Å². The first-order chi connectivity index (χ1) is 9.74. The van der Waals surface area contributed by atoms with E-state index in [2.05, 4.69) is 10.3 Å². The highest BCUT2D eigenvalue weighted by Gasteiger charge is 2.29. The van der Waals surface area contributed by atoms with Gasteiger partial charge in [-0.3, -0.25) is 0 Å². The average molecular weight is 312 g/mol. The molecule has 0 spiro atoms. The molecule has 2 heterocycles. The lowest BCUT2D eigenvalue weighted by Crippen LogP contribution is -2.36. The van der Waals surface area contributed by atoms with Gasteiger partial charge in [-0.05, 0) is 46.2 Å². The Bertz CT molecular complexity index is 528. The Balaban J connectivity index is 1.92. The van der Waals surface area contributed by atoms with Gasteiger partial charge in [-0.1, -0.05) is 11.6 Å². The average Bonchev–Trinajstić information content (AvgIpc) is 2.79. The Hall–Kier alpha value is -1.49. The molecule has 21 heavy (non-hydrogen) atoms. The van der Waals surface area contributed by atoms with Crippen LogP contribution in [0.25, 0.3) is 0 Å². The maximum absolute atomic E-state index is 12.0. The van der Waals surface area contributed by atoms with Gasteiger partial charge in [0.1, 0.15) is 10.8 Å². The summed E-state index contributed by atoms with van der Waals surface area (Å²) >= 11 is 5.85. The molecule has 1 unspecified atom stereocenters. The van der Waals surface area contributed by atoms with Gasteiger partial charge in [-0.2, -0.15) is 0 Å². The number of nitrogens with one attached hydrogen (secondary N) is 1. The zero-order chi connectivity index (χ0) is 15.6. The number of amides is 1. The van der Waals surface area contributed by atoms with E-state index in [9.17, 15) is 4.79 Å².